The number of aryl methyl sites for hydroxylation is 2. The van der Waals surface area contributed by atoms with Gasteiger partial charge in [-0.05, 0) is 30.5 Å². The summed E-state index contributed by atoms with van der Waals surface area (Å²) in [5, 5.41) is 1.50. The fraction of sp³-hybridized carbons (Fsp3) is 0.133. The van der Waals surface area contributed by atoms with Crippen molar-refractivity contribution >= 4 is 66.0 Å². The van der Waals surface area contributed by atoms with Gasteiger partial charge in [0.15, 0.2) is 5.03 Å². The van der Waals surface area contributed by atoms with E-state index in [4.69, 9.17) is 23.2 Å². The Morgan fingerprint density at radius 3 is 2.07 bits per heavy atom. The Bertz CT molecular complexity index is 1220. The maximum atomic E-state index is 12.7. The fourth-order valence-corrected chi connectivity index (χ4v) is 5.68. The lowest BCUT2D eigenvalue weighted by atomic mass is 10.3. The first-order chi connectivity index (χ1) is 13.0. The highest BCUT2D eigenvalue weighted by molar-refractivity contribution is 7.94. The molecule has 0 aliphatic heterocycles. The minimum atomic E-state index is -4.09. The van der Waals surface area contributed by atoms with Gasteiger partial charge in [0.05, 0.1) is 21.4 Å². The molecular formula is C15H14Cl2N4O4S3. The number of halogens is 2. The summed E-state index contributed by atoms with van der Waals surface area (Å²) < 4.78 is 56.6. The van der Waals surface area contributed by atoms with Crippen LogP contribution in [-0.4, -0.2) is 26.4 Å². The molecule has 1 aromatic carbocycles. The molecule has 0 fully saturated rings. The molecule has 2 N–H and O–H groups in total. The van der Waals surface area contributed by atoms with E-state index in [2.05, 4.69) is 14.4 Å². The second kappa shape index (κ2) is 7.56. The lowest BCUT2D eigenvalue weighted by Gasteiger charge is -2.14. The molecule has 3 aromatic rings. The third kappa shape index (κ3) is 4.28. The molecule has 8 nitrogen and oxygen atoms in total. The monoisotopic (exact) mass is 480 g/mol. The third-order valence-electron chi connectivity index (χ3n) is 3.67. The van der Waals surface area contributed by atoms with Gasteiger partial charge in [-0.25, -0.2) is 13.4 Å². The molecule has 0 saturated heterocycles. The first-order valence-electron chi connectivity index (χ1n) is 7.58. The normalized spacial score (nSPS) is 12.1. The lowest BCUT2D eigenvalue weighted by Crippen LogP contribution is -2.17. The Balaban J connectivity index is 2.02. The third-order valence-corrected chi connectivity index (χ3v) is 8.39. The van der Waals surface area contributed by atoms with Gasteiger partial charge in [0.1, 0.15) is 10.0 Å². The molecule has 0 atom stereocenters. The van der Waals surface area contributed by atoms with E-state index in [0.29, 0.717) is 5.82 Å². The summed E-state index contributed by atoms with van der Waals surface area (Å²) in [6, 6.07) is 5.46. The van der Waals surface area contributed by atoms with Gasteiger partial charge in [0.25, 0.3) is 20.0 Å². The first-order valence-corrected chi connectivity index (χ1v) is 12.2. The molecule has 0 aliphatic carbocycles. The van der Waals surface area contributed by atoms with Crippen molar-refractivity contribution in [1.82, 2.24) is 9.55 Å². The summed E-state index contributed by atoms with van der Waals surface area (Å²) in [6.45, 7) is 1.65. The zero-order chi connectivity index (χ0) is 20.7. The Labute approximate surface area is 176 Å². The van der Waals surface area contributed by atoms with Gasteiger partial charge >= 0.3 is 0 Å². The van der Waals surface area contributed by atoms with E-state index in [-0.39, 0.29) is 30.7 Å². The van der Waals surface area contributed by atoms with Crippen molar-refractivity contribution in [2.45, 2.75) is 16.2 Å². The van der Waals surface area contributed by atoms with Crippen LogP contribution in [0.1, 0.15) is 5.82 Å². The van der Waals surface area contributed by atoms with Crippen LogP contribution in [0.25, 0.3) is 0 Å². The zero-order valence-electron chi connectivity index (χ0n) is 14.5. The van der Waals surface area contributed by atoms with Crippen LogP contribution in [-0.2, 0) is 27.1 Å². The van der Waals surface area contributed by atoms with Crippen molar-refractivity contribution in [3.05, 3.63) is 51.7 Å². The molecule has 28 heavy (non-hydrogen) atoms. The quantitative estimate of drug-likeness (QED) is 0.558. The highest BCUT2D eigenvalue weighted by atomic mass is 35.5. The van der Waals surface area contributed by atoms with E-state index >= 15 is 0 Å². The maximum Gasteiger partial charge on any atom is 0.281 e. The number of anilines is 2. The highest BCUT2D eigenvalue weighted by Crippen LogP contribution is 2.35. The lowest BCUT2D eigenvalue weighted by molar-refractivity contribution is 0.597. The standard InChI is InChI=1S/C15H14Cl2N4O4S3/c1-9-18-14(8-21(9)2)27(22,23)19-12-6-10(16)11(17)7-13(12)20-28(24,25)15-4-3-5-26-15/h3-8,19-20H,1-2H3. The number of thiophene rings is 1. The number of hydrogen-bond acceptors (Lipinski definition) is 6. The average molecular weight is 481 g/mol. The van der Waals surface area contributed by atoms with E-state index in [0.717, 1.165) is 11.3 Å². The number of aromatic nitrogens is 2. The molecule has 0 radical (unpaired) electrons. The number of benzene rings is 1. The molecule has 0 spiro atoms. The van der Waals surface area contributed by atoms with Crippen LogP contribution in [0.5, 0.6) is 0 Å². The second-order valence-electron chi connectivity index (χ2n) is 5.69. The number of sulfonamides is 2. The molecule has 0 saturated carbocycles. The molecule has 0 amide bonds. The van der Waals surface area contributed by atoms with Crippen molar-refractivity contribution in [1.29, 1.82) is 0 Å². The van der Waals surface area contributed by atoms with Crippen LogP contribution in [0.3, 0.4) is 0 Å². The Hall–Kier alpha value is -1.79. The predicted octanol–water partition coefficient (Wildman–Crippen LogP) is 3.70. The van der Waals surface area contributed by atoms with Crippen LogP contribution in [0.2, 0.25) is 10.0 Å². The van der Waals surface area contributed by atoms with Gasteiger partial charge in [-0.15, -0.1) is 11.3 Å². The number of imidazole rings is 1. The number of nitrogens with one attached hydrogen (secondary N) is 2. The topological polar surface area (TPSA) is 110 Å². The molecule has 13 heteroatoms. The SMILES string of the molecule is Cc1nc(S(=O)(=O)Nc2cc(Cl)c(Cl)cc2NS(=O)(=O)c2cccs2)cn1C. The van der Waals surface area contributed by atoms with Crippen LogP contribution in [0.4, 0.5) is 11.4 Å². The number of nitrogens with zero attached hydrogens (tertiary/aromatic N) is 2. The van der Waals surface area contributed by atoms with Gasteiger partial charge in [0, 0.05) is 13.2 Å². The minimum absolute atomic E-state index is 0.0515. The smallest absolute Gasteiger partial charge is 0.281 e. The zero-order valence-corrected chi connectivity index (χ0v) is 18.4. The second-order valence-corrected chi connectivity index (χ2v) is 11.0. The minimum Gasteiger partial charge on any atom is -0.337 e. The average Bonchev–Trinajstić information content (AvgIpc) is 3.23. The molecule has 3 rings (SSSR count). The number of rotatable bonds is 6. The van der Waals surface area contributed by atoms with Crippen LogP contribution < -0.4 is 9.44 Å². The molecule has 0 bridgehead atoms. The summed E-state index contributed by atoms with van der Waals surface area (Å²) in [7, 11) is -6.37. The summed E-state index contributed by atoms with van der Waals surface area (Å²) in [6.07, 6.45) is 1.34. The van der Waals surface area contributed by atoms with E-state index in [1.807, 2.05) is 0 Å². The first kappa shape index (κ1) is 20.9. The van der Waals surface area contributed by atoms with Gasteiger partial charge in [-0.3, -0.25) is 9.44 Å². The van der Waals surface area contributed by atoms with Crippen LogP contribution in [0, 0.1) is 6.92 Å². The van der Waals surface area contributed by atoms with Gasteiger partial charge < -0.3 is 4.57 Å². The van der Waals surface area contributed by atoms with E-state index in [1.165, 1.54) is 24.4 Å². The van der Waals surface area contributed by atoms with Crippen molar-refractivity contribution < 1.29 is 16.8 Å². The van der Waals surface area contributed by atoms with Crippen LogP contribution in [0.15, 0.2) is 45.1 Å². The molecule has 0 unspecified atom stereocenters. The predicted molar refractivity (Wildman–Crippen MR) is 110 cm³/mol. The molecular weight excluding hydrogens is 467 g/mol. The Morgan fingerprint density at radius 2 is 1.61 bits per heavy atom. The van der Waals surface area contributed by atoms with Crippen molar-refractivity contribution in [3.8, 4) is 0 Å². The fourth-order valence-electron chi connectivity index (χ4n) is 2.18. The molecule has 2 aromatic heterocycles. The Kier molecular flexibility index (Phi) is 5.65. The number of hydrogen-bond donors (Lipinski definition) is 2. The summed E-state index contributed by atoms with van der Waals surface area (Å²) in [4.78, 5) is 3.98. The van der Waals surface area contributed by atoms with E-state index in [1.54, 1.807) is 30.0 Å². The van der Waals surface area contributed by atoms with Crippen molar-refractivity contribution in [2.24, 2.45) is 7.05 Å². The molecule has 0 aliphatic rings. The van der Waals surface area contributed by atoms with Gasteiger partial charge in [0.2, 0.25) is 0 Å². The van der Waals surface area contributed by atoms with Crippen molar-refractivity contribution in [3.63, 3.8) is 0 Å². The summed E-state index contributed by atoms with van der Waals surface area (Å²) in [5.74, 6) is 0.494. The van der Waals surface area contributed by atoms with Gasteiger partial charge in [-0.2, -0.15) is 8.42 Å². The van der Waals surface area contributed by atoms with Gasteiger partial charge in [-0.1, -0.05) is 29.3 Å². The maximum absolute atomic E-state index is 12.7. The summed E-state index contributed by atoms with van der Waals surface area (Å²) >= 11 is 13.0. The van der Waals surface area contributed by atoms with E-state index < -0.39 is 20.0 Å². The largest absolute Gasteiger partial charge is 0.337 e. The van der Waals surface area contributed by atoms with Crippen LogP contribution >= 0.6 is 34.5 Å². The summed E-state index contributed by atoms with van der Waals surface area (Å²) in [5.41, 5.74) is -0.156. The highest BCUT2D eigenvalue weighted by Gasteiger charge is 2.23. The van der Waals surface area contributed by atoms with E-state index in [9.17, 15) is 16.8 Å². The molecule has 2 heterocycles. The Morgan fingerprint density at radius 1 is 1.04 bits per heavy atom. The van der Waals surface area contributed by atoms with Crippen molar-refractivity contribution in [2.75, 3.05) is 9.44 Å². The molecule has 150 valence electrons.